The van der Waals surface area contributed by atoms with Gasteiger partial charge >= 0.3 is 0 Å². The van der Waals surface area contributed by atoms with Gasteiger partial charge in [0.25, 0.3) is 11.1 Å². The van der Waals surface area contributed by atoms with Crippen LogP contribution >= 0.6 is 0 Å². The Balaban J connectivity index is 1.42. The molecule has 3 aromatic rings. The maximum Gasteiger partial charge on any atom is 0.266 e. The monoisotopic (exact) mass is 423 g/mol. The molecule has 1 fully saturated rings. The average molecular weight is 424 g/mol. The summed E-state index contributed by atoms with van der Waals surface area (Å²) in [6, 6.07) is 6.92. The Morgan fingerprint density at radius 1 is 1.00 bits per heavy atom. The molecular formula is C22H29N7O2. The van der Waals surface area contributed by atoms with Gasteiger partial charge < -0.3 is 4.90 Å². The quantitative estimate of drug-likeness (QED) is 0.619. The van der Waals surface area contributed by atoms with Gasteiger partial charge in [0, 0.05) is 57.4 Å². The number of aromatic nitrogens is 5. The highest BCUT2D eigenvalue weighted by Crippen LogP contribution is 2.18. The van der Waals surface area contributed by atoms with Crippen LogP contribution in [0.15, 0.2) is 40.1 Å². The molecule has 1 aliphatic heterocycles. The zero-order valence-electron chi connectivity index (χ0n) is 18.6. The number of anilines is 1. The molecule has 1 saturated heterocycles. The van der Waals surface area contributed by atoms with Crippen LogP contribution in [0.3, 0.4) is 0 Å². The van der Waals surface area contributed by atoms with Crippen molar-refractivity contribution < 1.29 is 0 Å². The van der Waals surface area contributed by atoms with Gasteiger partial charge in [-0.1, -0.05) is 20.8 Å². The molecule has 4 heterocycles. The van der Waals surface area contributed by atoms with Gasteiger partial charge in [-0.15, -0.1) is 0 Å². The second-order valence-corrected chi connectivity index (χ2v) is 9.01. The van der Waals surface area contributed by atoms with E-state index in [0.29, 0.717) is 23.5 Å². The van der Waals surface area contributed by atoms with Gasteiger partial charge in [0.1, 0.15) is 0 Å². The van der Waals surface area contributed by atoms with Crippen molar-refractivity contribution in [1.29, 1.82) is 0 Å². The van der Waals surface area contributed by atoms with Crippen molar-refractivity contribution in [1.82, 2.24) is 29.2 Å². The van der Waals surface area contributed by atoms with Crippen molar-refractivity contribution in [2.24, 2.45) is 7.05 Å². The van der Waals surface area contributed by atoms with E-state index in [9.17, 15) is 9.59 Å². The Labute approximate surface area is 181 Å². The molecule has 0 unspecified atom stereocenters. The Morgan fingerprint density at radius 3 is 2.45 bits per heavy atom. The lowest BCUT2D eigenvalue weighted by molar-refractivity contribution is 0.240. The molecule has 0 atom stereocenters. The summed E-state index contributed by atoms with van der Waals surface area (Å²) in [6.45, 7) is 10.7. The van der Waals surface area contributed by atoms with Crippen molar-refractivity contribution in [2.75, 3.05) is 37.6 Å². The maximum absolute atomic E-state index is 12.7. The summed E-state index contributed by atoms with van der Waals surface area (Å²) in [5.41, 5.74) is 1.13. The second-order valence-electron chi connectivity index (χ2n) is 9.01. The van der Waals surface area contributed by atoms with Crippen LogP contribution in [0.5, 0.6) is 0 Å². The van der Waals surface area contributed by atoms with Gasteiger partial charge in [-0.3, -0.25) is 19.1 Å². The Morgan fingerprint density at radius 2 is 1.74 bits per heavy atom. The largest absolute Gasteiger partial charge is 0.340 e. The lowest BCUT2D eigenvalue weighted by Crippen LogP contribution is -2.49. The maximum atomic E-state index is 12.7. The lowest BCUT2D eigenvalue weighted by Gasteiger charge is -2.35. The van der Waals surface area contributed by atoms with Crippen LogP contribution in [0.2, 0.25) is 0 Å². The molecule has 0 aromatic carbocycles. The summed E-state index contributed by atoms with van der Waals surface area (Å²) in [5.74, 6) is 0.645. The number of hydrogen-bond acceptors (Lipinski definition) is 7. The molecule has 1 aliphatic rings. The van der Waals surface area contributed by atoms with Gasteiger partial charge in [0.05, 0.1) is 17.6 Å². The predicted molar refractivity (Wildman–Crippen MR) is 121 cm³/mol. The van der Waals surface area contributed by atoms with Crippen LogP contribution in [0.4, 0.5) is 5.95 Å². The van der Waals surface area contributed by atoms with E-state index in [1.165, 1.54) is 0 Å². The van der Waals surface area contributed by atoms with E-state index in [1.807, 2.05) is 6.07 Å². The Hall–Kier alpha value is -3.07. The molecule has 0 radical (unpaired) electrons. The summed E-state index contributed by atoms with van der Waals surface area (Å²) in [5, 5.41) is 5.08. The van der Waals surface area contributed by atoms with Crippen molar-refractivity contribution in [3.05, 3.63) is 56.9 Å². The highest BCUT2D eigenvalue weighted by Gasteiger charge is 2.22. The first-order valence-corrected chi connectivity index (χ1v) is 10.6. The molecular weight excluding hydrogens is 394 g/mol. The van der Waals surface area contributed by atoms with Crippen LogP contribution in [0.25, 0.3) is 11.0 Å². The number of nitrogens with zero attached hydrogens (tertiary/aromatic N) is 7. The number of piperazine rings is 1. The average Bonchev–Trinajstić information content (AvgIpc) is 2.75. The van der Waals surface area contributed by atoms with Crippen molar-refractivity contribution in [2.45, 2.75) is 32.7 Å². The van der Waals surface area contributed by atoms with Crippen molar-refractivity contribution >= 4 is 17.0 Å². The highest BCUT2D eigenvalue weighted by molar-refractivity contribution is 5.74. The number of hydrogen-bond donors (Lipinski definition) is 0. The van der Waals surface area contributed by atoms with Crippen LogP contribution in [0, 0.1) is 0 Å². The van der Waals surface area contributed by atoms with Gasteiger partial charge in [-0.25, -0.2) is 9.67 Å². The lowest BCUT2D eigenvalue weighted by atomic mass is 9.92. The van der Waals surface area contributed by atoms with Gasteiger partial charge in [-0.2, -0.15) is 10.1 Å². The first-order valence-electron chi connectivity index (χ1n) is 10.6. The molecule has 0 N–H and O–H groups in total. The van der Waals surface area contributed by atoms with Crippen LogP contribution in [-0.2, 0) is 19.0 Å². The zero-order chi connectivity index (χ0) is 22.2. The van der Waals surface area contributed by atoms with Crippen LogP contribution in [-0.4, -0.2) is 61.9 Å². The van der Waals surface area contributed by atoms with E-state index in [1.54, 1.807) is 40.7 Å². The summed E-state index contributed by atoms with van der Waals surface area (Å²) < 4.78 is 3.16. The Kier molecular flexibility index (Phi) is 5.62. The third kappa shape index (κ3) is 4.36. The molecule has 0 bridgehead atoms. The first-order chi connectivity index (χ1) is 14.7. The van der Waals surface area contributed by atoms with E-state index in [4.69, 9.17) is 0 Å². The summed E-state index contributed by atoms with van der Waals surface area (Å²) in [6.07, 6.45) is 1.65. The smallest absolute Gasteiger partial charge is 0.266 e. The minimum atomic E-state index is -0.0985. The van der Waals surface area contributed by atoms with Crippen molar-refractivity contribution in [3.63, 3.8) is 0 Å². The molecule has 0 amide bonds. The van der Waals surface area contributed by atoms with Gasteiger partial charge in [-0.05, 0) is 18.2 Å². The fourth-order valence-corrected chi connectivity index (χ4v) is 3.79. The van der Waals surface area contributed by atoms with E-state index in [0.717, 1.165) is 38.4 Å². The fourth-order valence-electron chi connectivity index (χ4n) is 3.79. The predicted octanol–water partition coefficient (Wildman–Crippen LogP) is 1.00. The minimum Gasteiger partial charge on any atom is -0.340 e. The van der Waals surface area contributed by atoms with E-state index in [-0.39, 0.29) is 16.5 Å². The zero-order valence-corrected chi connectivity index (χ0v) is 18.6. The summed E-state index contributed by atoms with van der Waals surface area (Å²) in [7, 11) is 1.75. The van der Waals surface area contributed by atoms with Gasteiger partial charge in [0.15, 0.2) is 5.65 Å². The third-order valence-electron chi connectivity index (χ3n) is 5.75. The molecule has 9 nitrogen and oxygen atoms in total. The normalized spacial score (nSPS) is 15.5. The SMILES string of the molecule is Cn1c(N2CCN(CCn3nc(C(C)(C)C)ccc3=O)CC2)nc2ncccc2c1=O. The molecule has 4 rings (SSSR count). The van der Waals surface area contributed by atoms with Gasteiger partial charge in [0.2, 0.25) is 5.95 Å². The number of pyridine rings is 1. The fraction of sp³-hybridized carbons (Fsp3) is 0.500. The topological polar surface area (TPSA) is 89.2 Å². The van der Waals surface area contributed by atoms with Crippen molar-refractivity contribution in [3.8, 4) is 0 Å². The van der Waals surface area contributed by atoms with Crippen LogP contribution < -0.4 is 16.0 Å². The van der Waals surface area contributed by atoms with E-state index in [2.05, 4.69) is 45.6 Å². The molecule has 31 heavy (non-hydrogen) atoms. The first kappa shape index (κ1) is 21.2. The molecule has 9 heteroatoms. The molecule has 3 aromatic heterocycles. The molecule has 0 saturated carbocycles. The van der Waals surface area contributed by atoms with Crippen LogP contribution in [0.1, 0.15) is 26.5 Å². The minimum absolute atomic E-state index is 0.0745. The number of rotatable bonds is 4. The number of fused-ring (bicyclic) bond motifs is 1. The Bertz CT molecular complexity index is 1200. The molecule has 0 spiro atoms. The molecule has 0 aliphatic carbocycles. The summed E-state index contributed by atoms with van der Waals surface area (Å²) in [4.78, 5) is 38.2. The molecule has 164 valence electrons. The second kappa shape index (κ2) is 8.22. The highest BCUT2D eigenvalue weighted by atomic mass is 16.1. The summed E-state index contributed by atoms with van der Waals surface area (Å²) >= 11 is 0. The van der Waals surface area contributed by atoms with E-state index < -0.39 is 0 Å². The third-order valence-corrected chi connectivity index (χ3v) is 5.75. The standard InChI is InChI=1S/C22H29N7O2/c1-22(2,3)17-7-8-18(30)29(25-17)15-12-27-10-13-28(14-11-27)21-24-19-16(6-5-9-23-19)20(31)26(21)4/h5-9H,10-15H2,1-4H3. The van der Waals surface area contributed by atoms with E-state index >= 15 is 0 Å².